The fourth-order valence-corrected chi connectivity index (χ4v) is 2.40. The molecular weight excluding hydrogens is 382 g/mol. The summed E-state index contributed by atoms with van der Waals surface area (Å²) in [7, 11) is 1.55. The summed E-state index contributed by atoms with van der Waals surface area (Å²) in [5, 5.41) is 2.98. The summed E-state index contributed by atoms with van der Waals surface area (Å²) in [6, 6.07) is 12.1. The van der Waals surface area contributed by atoms with Crippen LogP contribution in [0.2, 0.25) is 5.02 Å². The number of ether oxygens (including phenoxy) is 3. The number of methoxy groups -OCH3 is 1. The molecule has 0 saturated carbocycles. The highest BCUT2D eigenvalue weighted by atomic mass is 35.5. The van der Waals surface area contributed by atoms with Crippen LogP contribution in [0, 0.1) is 0 Å². The fourth-order valence-electron chi connectivity index (χ4n) is 2.22. The minimum Gasteiger partial charge on any atom is -0.493 e. The van der Waals surface area contributed by atoms with Crippen LogP contribution in [-0.2, 0) is 14.3 Å². The number of hydrogen-bond donors (Lipinski definition) is 1. The number of hydrogen-bond acceptors (Lipinski definition) is 5. The van der Waals surface area contributed by atoms with E-state index in [1.807, 2.05) is 6.92 Å². The summed E-state index contributed by atoms with van der Waals surface area (Å²) in [6.07, 6.45) is 3.70. The molecule has 2 aromatic carbocycles. The van der Waals surface area contributed by atoms with Gasteiger partial charge in [0.15, 0.2) is 18.1 Å². The summed E-state index contributed by atoms with van der Waals surface area (Å²) in [5.41, 5.74) is 1.19. The van der Waals surface area contributed by atoms with Crippen LogP contribution in [0.3, 0.4) is 0 Å². The topological polar surface area (TPSA) is 73.9 Å². The maximum absolute atomic E-state index is 11.8. The molecule has 0 unspecified atom stereocenters. The van der Waals surface area contributed by atoms with Crippen molar-refractivity contribution in [3.63, 3.8) is 0 Å². The number of para-hydroxylation sites is 1. The molecule has 0 fully saturated rings. The summed E-state index contributed by atoms with van der Waals surface area (Å²) in [4.78, 5) is 23.7. The van der Waals surface area contributed by atoms with Gasteiger partial charge in [0.05, 0.1) is 24.4 Å². The molecule has 1 amide bonds. The van der Waals surface area contributed by atoms with Crippen molar-refractivity contribution in [1.29, 1.82) is 0 Å². The van der Waals surface area contributed by atoms with Crippen LogP contribution in [0.4, 0.5) is 5.69 Å². The monoisotopic (exact) mass is 403 g/mol. The summed E-state index contributed by atoms with van der Waals surface area (Å²) in [6.45, 7) is 2.19. The minimum absolute atomic E-state index is 0.405. The number of carbonyl (C=O) groups excluding carboxylic acids is 2. The smallest absolute Gasteiger partial charge is 0.331 e. The number of nitrogens with one attached hydrogen (secondary N) is 1. The Balaban J connectivity index is 1.87. The first-order chi connectivity index (χ1) is 13.5. The van der Waals surface area contributed by atoms with Crippen molar-refractivity contribution in [3.8, 4) is 11.5 Å². The van der Waals surface area contributed by atoms with Crippen molar-refractivity contribution < 1.29 is 23.8 Å². The fraction of sp³-hybridized carbons (Fsp3) is 0.238. The van der Waals surface area contributed by atoms with E-state index in [9.17, 15) is 9.59 Å². The Morgan fingerprint density at radius 3 is 2.64 bits per heavy atom. The van der Waals surface area contributed by atoms with Gasteiger partial charge < -0.3 is 19.5 Å². The van der Waals surface area contributed by atoms with Crippen LogP contribution >= 0.6 is 11.6 Å². The molecule has 0 atom stereocenters. The predicted octanol–water partition coefficient (Wildman–Crippen LogP) is 4.33. The summed E-state index contributed by atoms with van der Waals surface area (Å²) >= 11 is 5.96. The van der Waals surface area contributed by atoms with Crippen molar-refractivity contribution in [1.82, 2.24) is 0 Å². The zero-order valence-electron chi connectivity index (χ0n) is 15.7. The molecule has 0 radical (unpaired) electrons. The molecule has 1 N–H and O–H groups in total. The van der Waals surface area contributed by atoms with Gasteiger partial charge in [-0.1, -0.05) is 36.7 Å². The molecule has 0 aromatic heterocycles. The first kappa shape index (κ1) is 21.3. The second-order valence-corrected chi connectivity index (χ2v) is 6.14. The molecular formula is C21H22ClNO5. The first-order valence-electron chi connectivity index (χ1n) is 8.73. The number of rotatable bonds is 9. The lowest BCUT2D eigenvalue weighted by Crippen LogP contribution is -2.20. The van der Waals surface area contributed by atoms with Crippen LogP contribution in [-0.4, -0.2) is 32.2 Å². The molecule has 0 spiro atoms. The van der Waals surface area contributed by atoms with E-state index < -0.39 is 18.5 Å². The number of benzene rings is 2. The molecule has 7 heteroatoms. The van der Waals surface area contributed by atoms with E-state index in [-0.39, 0.29) is 0 Å². The third kappa shape index (κ3) is 6.63. The van der Waals surface area contributed by atoms with Crippen molar-refractivity contribution in [2.45, 2.75) is 13.3 Å². The Morgan fingerprint density at radius 2 is 1.93 bits per heavy atom. The summed E-state index contributed by atoms with van der Waals surface area (Å²) in [5.74, 6) is 0.0944. The minimum atomic E-state index is -0.639. The van der Waals surface area contributed by atoms with Crippen molar-refractivity contribution >= 4 is 35.2 Å². The highest BCUT2D eigenvalue weighted by Gasteiger charge is 2.08. The van der Waals surface area contributed by atoms with Gasteiger partial charge >= 0.3 is 5.97 Å². The predicted molar refractivity (Wildman–Crippen MR) is 109 cm³/mol. The lowest BCUT2D eigenvalue weighted by Gasteiger charge is -2.10. The molecule has 0 aliphatic heterocycles. The van der Waals surface area contributed by atoms with Crippen molar-refractivity contribution in [2.24, 2.45) is 0 Å². The number of halogens is 1. The molecule has 0 aliphatic carbocycles. The van der Waals surface area contributed by atoms with E-state index in [0.29, 0.717) is 28.8 Å². The maximum atomic E-state index is 11.8. The van der Waals surface area contributed by atoms with E-state index in [4.69, 9.17) is 25.8 Å². The standard InChI is InChI=1S/C21H22ClNO5/c1-3-12-27-18-10-8-15(13-19(18)26-2)9-11-21(25)28-14-20(24)23-17-7-5-4-6-16(17)22/h4-11,13H,3,12,14H2,1-2H3,(H,23,24)/b11-9+. The highest BCUT2D eigenvalue weighted by Crippen LogP contribution is 2.28. The van der Waals surface area contributed by atoms with Gasteiger partial charge in [0.2, 0.25) is 0 Å². The Hall–Kier alpha value is -2.99. The van der Waals surface area contributed by atoms with E-state index >= 15 is 0 Å². The van der Waals surface area contributed by atoms with Gasteiger partial charge in [-0.2, -0.15) is 0 Å². The second-order valence-electron chi connectivity index (χ2n) is 5.73. The average Bonchev–Trinajstić information content (AvgIpc) is 2.71. The summed E-state index contributed by atoms with van der Waals surface area (Å²) < 4.78 is 15.8. The molecule has 28 heavy (non-hydrogen) atoms. The second kappa shape index (κ2) is 11.0. The van der Waals surface area contributed by atoms with Crippen molar-refractivity contribution in [2.75, 3.05) is 25.6 Å². The zero-order valence-corrected chi connectivity index (χ0v) is 16.5. The van der Waals surface area contributed by atoms with E-state index in [1.54, 1.807) is 55.7 Å². The largest absolute Gasteiger partial charge is 0.493 e. The zero-order chi connectivity index (χ0) is 20.4. The van der Waals surface area contributed by atoms with Gasteiger partial charge in [-0.3, -0.25) is 4.79 Å². The van der Waals surface area contributed by atoms with Gasteiger partial charge in [0.25, 0.3) is 5.91 Å². The maximum Gasteiger partial charge on any atom is 0.331 e. The number of anilines is 1. The lowest BCUT2D eigenvalue weighted by molar-refractivity contribution is -0.142. The molecule has 0 aliphatic rings. The Bertz CT molecular complexity index is 850. The van der Waals surface area contributed by atoms with Gasteiger partial charge in [0, 0.05) is 6.08 Å². The van der Waals surface area contributed by atoms with Crippen LogP contribution in [0.25, 0.3) is 6.08 Å². The van der Waals surface area contributed by atoms with Gasteiger partial charge in [-0.25, -0.2) is 4.79 Å². The Labute approximate surface area is 169 Å². The molecule has 2 aromatic rings. The van der Waals surface area contributed by atoms with Gasteiger partial charge in [-0.15, -0.1) is 0 Å². The molecule has 6 nitrogen and oxygen atoms in total. The molecule has 2 rings (SSSR count). The van der Waals surface area contributed by atoms with Crippen molar-refractivity contribution in [3.05, 3.63) is 59.1 Å². The van der Waals surface area contributed by atoms with Gasteiger partial charge in [0.1, 0.15) is 0 Å². The quantitative estimate of drug-likeness (QED) is 0.498. The number of esters is 1. The van der Waals surface area contributed by atoms with E-state index in [2.05, 4.69) is 5.32 Å². The number of carbonyl (C=O) groups is 2. The van der Waals surface area contributed by atoms with Crippen LogP contribution < -0.4 is 14.8 Å². The van der Waals surface area contributed by atoms with Crippen LogP contribution in [0.1, 0.15) is 18.9 Å². The third-order valence-corrected chi connectivity index (χ3v) is 3.88. The molecule has 0 heterocycles. The molecule has 0 bridgehead atoms. The average molecular weight is 404 g/mol. The van der Waals surface area contributed by atoms with E-state index in [1.165, 1.54) is 6.08 Å². The Kier molecular flexibility index (Phi) is 8.37. The van der Waals surface area contributed by atoms with E-state index in [0.717, 1.165) is 12.0 Å². The normalized spacial score (nSPS) is 10.5. The van der Waals surface area contributed by atoms with Crippen LogP contribution in [0.15, 0.2) is 48.5 Å². The van der Waals surface area contributed by atoms with Crippen LogP contribution in [0.5, 0.6) is 11.5 Å². The molecule has 148 valence electrons. The third-order valence-electron chi connectivity index (χ3n) is 3.55. The highest BCUT2D eigenvalue weighted by molar-refractivity contribution is 6.33. The Morgan fingerprint density at radius 1 is 1.14 bits per heavy atom. The molecule has 0 saturated heterocycles. The number of amides is 1. The lowest BCUT2D eigenvalue weighted by atomic mass is 10.2. The first-order valence-corrected chi connectivity index (χ1v) is 9.11. The van der Waals surface area contributed by atoms with Gasteiger partial charge in [-0.05, 0) is 42.3 Å². The SMILES string of the molecule is CCCOc1ccc(/C=C/C(=O)OCC(=O)Nc2ccccc2Cl)cc1OC.